The summed E-state index contributed by atoms with van der Waals surface area (Å²) in [6.07, 6.45) is 0.832. The largest absolute Gasteiger partial charge is 0.484 e. The second kappa shape index (κ2) is 11.4. The van der Waals surface area contributed by atoms with E-state index in [9.17, 15) is 9.59 Å². The predicted octanol–water partition coefficient (Wildman–Crippen LogP) is 6.87. The average molecular weight is 553 g/mol. The molecule has 3 aromatic rings. The van der Waals surface area contributed by atoms with Gasteiger partial charge in [0.25, 0.3) is 5.91 Å². The van der Waals surface area contributed by atoms with Gasteiger partial charge in [0, 0.05) is 16.0 Å². The molecule has 3 atom stereocenters. The van der Waals surface area contributed by atoms with Crippen LogP contribution in [0, 0.1) is 11.8 Å². The molecule has 198 valence electrons. The predicted molar refractivity (Wildman–Crippen MR) is 150 cm³/mol. The molecule has 0 radical (unpaired) electrons. The number of carbonyl (C=O) groups is 2. The molecule has 0 bridgehead atoms. The average Bonchev–Trinajstić information content (AvgIpc) is 2.91. The van der Waals surface area contributed by atoms with E-state index in [1.807, 2.05) is 54.6 Å². The number of hydrogen-bond donors (Lipinski definition) is 1. The Morgan fingerprint density at radius 2 is 1.92 bits per heavy atom. The molecule has 5 rings (SSSR count). The number of ether oxygens (including phenoxy) is 2. The van der Waals surface area contributed by atoms with Crippen LogP contribution in [0.15, 0.2) is 66.7 Å². The molecule has 0 unspecified atom stereocenters. The number of carbonyl (C=O) groups excluding carboxylic acids is 2. The van der Waals surface area contributed by atoms with E-state index in [1.165, 1.54) is 4.90 Å². The van der Waals surface area contributed by atoms with Crippen molar-refractivity contribution < 1.29 is 19.1 Å². The molecule has 0 aromatic heterocycles. The Balaban J connectivity index is 1.28. The molecule has 2 aliphatic heterocycles. The van der Waals surface area contributed by atoms with Crippen molar-refractivity contribution in [1.29, 1.82) is 0 Å². The van der Waals surface area contributed by atoms with Gasteiger partial charge in [0.1, 0.15) is 12.3 Å². The summed E-state index contributed by atoms with van der Waals surface area (Å²) in [6, 6.07) is 20.6. The van der Waals surface area contributed by atoms with Crippen LogP contribution in [0.2, 0.25) is 10.0 Å². The number of nitrogens with zero attached hydrogens (tertiary/aromatic N) is 1. The second-order valence-corrected chi connectivity index (χ2v) is 11.0. The zero-order chi connectivity index (χ0) is 26.8. The van der Waals surface area contributed by atoms with Gasteiger partial charge >= 0.3 is 0 Å². The van der Waals surface area contributed by atoms with Crippen LogP contribution >= 0.6 is 23.2 Å². The lowest BCUT2D eigenvalue weighted by molar-refractivity contribution is -0.123. The fraction of sp³-hybridized carbons (Fsp3) is 0.333. The molecule has 8 heteroatoms. The van der Waals surface area contributed by atoms with Gasteiger partial charge in [-0.2, -0.15) is 0 Å². The third-order valence-corrected chi connectivity index (χ3v) is 7.86. The van der Waals surface area contributed by atoms with E-state index < -0.39 is 0 Å². The quantitative estimate of drug-likeness (QED) is 0.362. The summed E-state index contributed by atoms with van der Waals surface area (Å²) in [4.78, 5) is 26.6. The highest BCUT2D eigenvalue weighted by Gasteiger charge is 2.36. The van der Waals surface area contributed by atoms with E-state index >= 15 is 0 Å². The minimum Gasteiger partial charge on any atom is -0.484 e. The van der Waals surface area contributed by atoms with Crippen molar-refractivity contribution in [3.63, 3.8) is 0 Å². The minimum absolute atomic E-state index is 0.0377. The fourth-order valence-electron chi connectivity index (χ4n) is 5.34. The van der Waals surface area contributed by atoms with Crippen LogP contribution in [0.25, 0.3) is 0 Å². The zero-order valence-corrected chi connectivity index (χ0v) is 22.8. The molecule has 3 aromatic carbocycles. The Bertz CT molecular complexity index is 1350. The van der Waals surface area contributed by atoms with Crippen LogP contribution in [-0.4, -0.2) is 31.6 Å². The lowest BCUT2D eigenvalue weighted by atomic mass is 9.76. The van der Waals surface area contributed by atoms with Crippen LogP contribution in [0.1, 0.15) is 43.4 Å². The Morgan fingerprint density at radius 1 is 1.11 bits per heavy atom. The Morgan fingerprint density at radius 3 is 2.71 bits per heavy atom. The van der Waals surface area contributed by atoms with Crippen LogP contribution in [0.5, 0.6) is 5.75 Å². The van der Waals surface area contributed by atoms with Crippen LogP contribution < -0.4 is 15.0 Å². The molecule has 2 aliphatic rings. The summed E-state index contributed by atoms with van der Waals surface area (Å²) >= 11 is 12.6. The minimum atomic E-state index is -0.283. The number of amides is 2. The highest BCUT2D eigenvalue weighted by atomic mass is 35.5. The van der Waals surface area contributed by atoms with Crippen LogP contribution in [-0.2, 0) is 14.3 Å². The number of hydrogen-bond acceptors (Lipinski definition) is 4. The first-order valence-electron chi connectivity index (χ1n) is 12.8. The van der Waals surface area contributed by atoms with Crippen molar-refractivity contribution in [1.82, 2.24) is 0 Å². The molecule has 6 nitrogen and oxygen atoms in total. The van der Waals surface area contributed by atoms with Crippen molar-refractivity contribution in [2.45, 2.75) is 32.3 Å². The maximum Gasteiger partial charge on any atom is 0.265 e. The summed E-state index contributed by atoms with van der Waals surface area (Å²) in [5, 5.41) is 4.08. The highest BCUT2D eigenvalue weighted by Crippen LogP contribution is 2.45. The van der Waals surface area contributed by atoms with Gasteiger partial charge in [-0.25, -0.2) is 0 Å². The molecule has 1 saturated heterocycles. The lowest BCUT2D eigenvalue weighted by Gasteiger charge is -2.39. The molecule has 38 heavy (non-hydrogen) atoms. The van der Waals surface area contributed by atoms with Gasteiger partial charge in [-0.05, 0) is 65.8 Å². The van der Waals surface area contributed by atoms with E-state index in [1.54, 1.807) is 12.1 Å². The number of benzene rings is 3. The molecule has 0 saturated carbocycles. The molecule has 1 N–H and O–H groups in total. The van der Waals surface area contributed by atoms with Crippen molar-refractivity contribution in [3.8, 4) is 5.75 Å². The summed E-state index contributed by atoms with van der Waals surface area (Å²) in [6.45, 7) is 4.75. The van der Waals surface area contributed by atoms with Gasteiger partial charge in [-0.3, -0.25) is 14.5 Å². The summed E-state index contributed by atoms with van der Waals surface area (Å²) < 4.78 is 12.4. The van der Waals surface area contributed by atoms with Gasteiger partial charge < -0.3 is 14.8 Å². The Labute approximate surface area is 232 Å². The first-order chi connectivity index (χ1) is 18.3. The van der Waals surface area contributed by atoms with Gasteiger partial charge in [-0.1, -0.05) is 67.4 Å². The molecular weight excluding hydrogens is 523 g/mol. The van der Waals surface area contributed by atoms with E-state index in [-0.39, 0.29) is 42.9 Å². The summed E-state index contributed by atoms with van der Waals surface area (Å²) in [5.41, 5.74) is 3.35. The van der Waals surface area contributed by atoms with Gasteiger partial charge in [0.2, 0.25) is 5.91 Å². The number of fused-ring (bicyclic) bond motifs is 1. The topological polar surface area (TPSA) is 67.9 Å². The molecule has 1 fully saturated rings. The SMILES string of the molecule is CC(C)[C@@H]1C[C@H](c2ccc(Cl)cc2Cl)CO[C@H]1c1cccc(OCC(=O)N2CC(=O)Nc3ccccc32)c1. The fourth-order valence-corrected chi connectivity index (χ4v) is 5.90. The Hall–Kier alpha value is -3.06. The zero-order valence-electron chi connectivity index (χ0n) is 21.3. The van der Waals surface area contributed by atoms with Gasteiger partial charge in [0.05, 0.1) is 24.1 Å². The number of rotatable bonds is 6. The van der Waals surface area contributed by atoms with E-state index in [2.05, 4.69) is 19.2 Å². The van der Waals surface area contributed by atoms with E-state index in [4.69, 9.17) is 32.7 Å². The maximum absolute atomic E-state index is 13.0. The summed E-state index contributed by atoms with van der Waals surface area (Å²) in [7, 11) is 0. The second-order valence-electron chi connectivity index (χ2n) is 10.2. The van der Waals surface area contributed by atoms with E-state index in [0.717, 1.165) is 17.5 Å². The molecule has 2 heterocycles. The molecule has 2 amide bonds. The first kappa shape index (κ1) is 26.5. The smallest absolute Gasteiger partial charge is 0.265 e. The third-order valence-electron chi connectivity index (χ3n) is 7.30. The summed E-state index contributed by atoms with van der Waals surface area (Å²) in [5.74, 6) is 0.900. The number of para-hydroxylation sites is 2. The number of anilines is 2. The van der Waals surface area contributed by atoms with Crippen molar-refractivity contribution >= 4 is 46.4 Å². The van der Waals surface area contributed by atoms with Crippen molar-refractivity contribution in [2.75, 3.05) is 30.0 Å². The van der Waals surface area contributed by atoms with Crippen LogP contribution in [0.4, 0.5) is 11.4 Å². The molecule has 0 aliphatic carbocycles. The molecular formula is C30H30Cl2N2O4. The third kappa shape index (κ3) is 5.68. The number of halogens is 2. The standard InChI is InChI=1S/C30H30Cl2N2O4/c1-18(2)24-13-20(23-11-10-21(31)14-25(23)32)16-38-30(24)19-6-5-7-22(12-19)37-17-29(36)34-15-28(35)33-26-8-3-4-9-27(26)34/h3-12,14,18,20,24,30H,13,15-17H2,1-2H3,(H,33,35)/t20-,24-,30-/m0/s1. The van der Waals surface area contributed by atoms with Crippen molar-refractivity contribution in [3.05, 3.63) is 87.9 Å². The lowest BCUT2D eigenvalue weighted by Crippen LogP contribution is -2.44. The van der Waals surface area contributed by atoms with Gasteiger partial charge in [0.15, 0.2) is 6.61 Å². The van der Waals surface area contributed by atoms with Gasteiger partial charge in [-0.15, -0.1) is 0 Å². The Kier molecular flexibility index (Phi) is 7.93. The normalized spacial score (nSPS) is 21.1. The highest BCUT2D eigenvalue weighted by molar-refractivity contribution is 6.35. The monoisotopic (exact) mass is 552 g/mol. The number of nitrogens with one attached hydrogen (secondary N) is 1. The first-order valence-corrected chi connectivity index (χ1v) is 13.5. The van der Waals surface area contributed by atoms with E-state index in [0.29, 0.717) is 39.7 Å². The maximum atomic E-state index is 13.0. The van der Waals surface area contributed by atoms with Crippen molar-refractivity contribution in [2.24, 2.45) is 11.8 Å². The van der Waals surface area contributed by atoms with Crippen LogP contribution in [0.3, 0.4) is 0 Å². The molecule has 0 spiro atoms.